The van der Waals surface area contributed by atoms with E-state index in [1.54, 1.807) is 0 Å². The van der Waals surface area contributed by atoms with Crippen LogP contribution >= 0.6 is 22.6 Å². The van der Waals surface area contributed by atoms with Crippen LogP contribution in [0.15, 0.2) is 30.3 Å². The van der Waals surface area contributed by atoms with Crippen molar-refractivity contribution < 1.29 is 9.47 Å². The molecule has 1 aromatic carbocycles. The summed E-state index contributed by atoms with van der Waals surface area (Å²) in [4.78, 5) is 0. The number of ether oxygens (including phenoxy) is 2. The molecule has 100 valence electrons. The van der Waals surface area contributed by atoms with Gasteiger partial charge in [-0.15, -0.1) is 0 Å². The van der Waals surface area contributed by atoms with Crippen LogP contribution in [0, 0.1) is 0 Å². The Hall–Kier alpha value is -0.290. The van der Waals surface area contributed by atoms with Gasteiger partial charge < -0.3 is 9.47 Å². The number of halogens is 1. The first-order chi connectivity index (χ1) is 8.85. The molecule has 0 bridgehead atoms. The highest BCUT2D eigenvalue weighted by Gasteiger charge is 2.31. The zero-order chi connectivity index (χ0) is 12.7. The molecule has 1 aliphatic carbocycles. The normalized spacial score (nSPS) is 18.5. The Morgan fingerprint density at radius 3 is 2.39 bits per heavy atom. The van der Waals surface area contributed by atoms with Crippen LogP contribution in [0.3, 0.4) is 0 Å². The fourth-order valence-corrected chi connectivity index (χ4v) is 3.43. The summed E-state index contributed by atoms with van der Waals surface area (Å²) in [7, 11) is 0. The average molecular weight is 360 g/mol. The Balaban J connectivity index is 1.71. The Labute approximate surface area is 123 Å². The third-order valence-corrected chi connectivity index (χ3v) is 4.90. The van der Waals surface area contributed by atoms with Crippen molar-refractivity contribution in [1.82, 2.24) is 0 Å². The summed E-state index contributed by atoms with van der Waals surface area (Å²) in [6, 6.07) is 9.94. The van der Waals surface area contributed by atoms with Crippen molar-refractivity contribution >= 4 is 22.6 Å². The van der Waals surface area contributed by atoms with E-state index in [1.165, 1.54) is 32.1 Å². The minimum Gasteiger partial charge on any atom is -0.491 e. The first kappa shape index (κ1) is 14.1. The highest BCUT2D eigenvalue weighted by atomic mass is 127. The molecule has 2 nitrogen and oxygen atoms in total. The second-order valence-corrected chi connectivity index (χ2v) is 5.65. The summed E-state index contributed by atoms with van der Waals surface area (Å²) < 4.78 is 12.9. The van der Waals surface area contributed by atoms with E-state index < -0.39 is 0 Å². The molecular formula is C15H21IO2. The van der Waals surface area contributed by atoms with Gasteiger partial charge in [0.05, 0.1) is 12.2 Å². The number of hydrogen-bond donors (Lipinski definition) is 0. The van der Waals surface area contributed by atoms with Crippen LogP contribution in [0.4, 0.5) is 0 Å². The van der Waals surface area contributed by atoms with Crippen molar-refractivity contribution in [3.63, 3.8) is 0 Å². The van der Waals surface area contributed by atoms with Crippen molar-refractivity contribution in [2.75, 3.05) is 17.6 Å². The van der Waals surface area contributed by atoms with Crippen LogP contribution in [0.25, 0.3) is 0 Å². The number of hydrogen-bond acceptors (Lipinski definition) is 2. The number of rotatable bonds is 6. The zero-order valence-corrected chi connectivity index (χ0v) is 12.9. The highest BCUT2D eigenvalue weighted by molar-refractivity contribution is 14.1. The lowest BCUT2D eigenvalue weighted by Gasteiger charge is -2.35. The third-order valence-electron chi connectivity index (χ3n) is 3.51. The number of alkyl halides is 1. The summed E-state index contributed by atoms with van der Waals surface area (Å²) >= 11 is 2.46. The molecule has 0 aliphatic heterocycles. The molecule has 0 unspecified atom stereocenters. The van der Waals surface area contributed by atoms with Crippen molar-refractivity contribution in [3.8, 4) is 5.75 Å². The maximum atomic E-state index is 6.11. The first-order valence-corrected chi connectivity index (χ1v) is 8.25. The van der Waals surface area contributed by atoms with E-state index >= 15 is 0 Å². The smallest absolute Gasteiger partial charge is 0.119 e. The van der Waals surface area contributed by atoms with Crippen LogP contribution in [0.5, 0.6) is 5.75 Å². The van der Waals surface area contributed by atoms with Crippen LogP contribution in [0.1, 0.15) is 32.1 Å². The average Bonchev–Trinajstić information content (AvgIpc) is 2.46. The summed E-state index contributed by atoms with van der Waals surface area (Å²) in [5.41, 5.74) is 0.124. The van der Waals surface area contributed by atoms with Gasteiger partial charge in [-0.1, -0.05) is 60.1 Å². The fourth-order valence-electron chi connectivity index (χ4n) is 2.45. The van der Waals surface area contributed by atoms with Crippen LogP contribution in [0.2, 0.25) is 0 Å². The van der Waals surface area contributed by atoms with Gasteiger partial charge in [0.15, 0.2) is 0 Å². The Kier molecular flexibility index (Phi) is 5.76. The summed E-state index contributed by atoms with van der Waals surface area (Å²) in [6.07, 6.45) is 6.40. The van der Waals surface area contributed by atoms with E-state index in [9.17, 15) is 0 Å². The van der Waals surface area contributed by atoms with Gasteiger partial charge in [0.1, 0.15) is 12.4 Å². The lowest BCUT2D eigenvalue weighted by Crippen LogP contribution is -2.38. The van der Waals surface area contributed by atoms with Gasteiger partial charge in [0, 0.05) is 4.43 Å². The van der Waals surface area contributed by atoms with Crippen molar-refractivity contribution in [3.05, 3.63) is 30.3 Å². The molecule has 2 rings (SSSR count). The molecule has 1 saturated carbocycles. The SMILES string of the molecule is ICC1(OCCOc2ccccc2)CCCCC1. The standard InChI is InChI=1S/C15H21IO2/c16-13-15(9-5-2-6-10-15)18-12-11-17-14-7-3-1-4-8-14/h1,3-4,7-8H,2,5-6,9-13H2. The van der Waals surface area contributed by atoms with E-state index in [2.05, 4.69) is 22.6 Å². The Morgan fingerprint density at radius 2 is 1.72 bits per heavy atom. The molecular weight excluding hydrogens is 339 g/mol. The summed E-state index contributed by atoms with van der Waals surface area (Å²) in [6.45, 7) is 1.33. The third kappa shape index (κ3) is 4.12. The number of benzene rings is 1. The van der Waals surface area contributed by atoms with Gasteiger partial charge in [-0.05, 0) is 25.0 Å². The Bertz CT molecular complexity index is 334. The van der Waals surface area contributed by atoms with Gasteiger partial charge >= 0.3 is 0 Å². The minimum absolute atomic E-state index is 0.124. The van der Waals surface area contributed by atoms with Crippen molar-refractivity contribution in [2.45, 2.75) is 37.7 Å². The maximum Gasteiger partial charge on any atom is 0.119 e. The van der Waals surface area contributed by atoms with Gasteiger partial charge in [-0.2, -0.15) is 0 Å². The molecule has 0 amide bonds. The zero-order valence-electron chi connectivity index (χ0n) is 10.7. The van der Waals surface area contributed by atoms with Gasteiger partial charge in [-0.25, -0.2) is 0 Å². The molecule has 0 spiro atoms. The molecule has 0 atom stereocenters. The van der Waals surface area contributed by atoms with E-state index in [0.717, 1.165) is 10.2 Å². The summed E-state index contributed by atoms with van der Waals surface area (Å²) in [5.74, 6) is 0.924. The van der Waals surface area contributed by atoms with E-state index in [1.807, 2.05) is 30.3 Å². The van der Waals surface area contributed by atoms with Crippen LogP contribution in [-0.2, 0) is 4.74 Å². The fraction of sp³-hybridized carbons (Fsp3) is 0.600. The van der Waals surface area contributed by atoms with E-state index in [-0.39, 0.29) is 5.60 Å². The lowest BCUT2D eigenvalue weighted by atomic mass is 9.86. The molecule has 3 heteroatoms. The predicted molar refractivity (Wildman–Crippen MR) is 82.6 cm³/mol. The van der Waals surface area contributed by atoms with Crippen LogP contribution < -0.4 is 4.74 Å². The quantitative estimate of drug-likeness (QED) is 0.430. The highest BCUT2D eigenvalue weighted by Crippen LogP contribution is 2.33. The molecule has 18 heavy (non-hydrogen) atoms. The second-order valence-electron chi connectivity index (χ2n) is 4.89. The lowest BCUT2D eigenvalue weighted by molar-refractivity contribution is -0.0592. The predicted octanol–water partition coefficient (Wildman–Crippen LogP) is 4.22. The maximum absolute atomic E-state index is 6.11. The van der Waals surface area contributed by atoms with Crippen molar-refractivity contribution in [1.29, 1.82) is 0 Å². The van der Waals surface area contributed by atoms with Crippen LogP contribution in [-0.4, -0.2) is 23.2 Å². The molecule has 0 heterocycles. The summed E-state index contributed by atoms with van der Waals surface area (Å²) in [5, 5.41) is 0. The monoisotopic (exact) mass is 360 g/mol. The van der Waals surface area contributed by atoms with Gasteiger partial charge in [0.25, 0.3) is 0 Å². The Morgan fingerprint density at radius 1 is 1.00 bits per heavy atom. The van der Waals surface area contributed by atoms with E-state index in [0.29, 0.717) is 13.2 Å². The minimum atomic E-state index is 0.124. The second kappa shape index (κ2) is 7.34. The van der Waals surface area contributed by atoms with E-state index in [4.69, 9.17) is 9.47 Å². The molecule has 1 fully saturated rings. The molecule has 0 N–H and O–H groups in total. The number of para-hydroxylation sites is 1. The van der Waals surface area contributed by atoms with Gasteiger partial charge in [0.2, 0.25) is 0 Å². The molecule has 1 aliphatic rings. The topological polar surface area (TPSA) is 18.5 Å². The molecule has 0 saturated heterocycles. The molecule has 0 aromatic heterocycles. The molecule has 0 radical (unpaired) electrons. The largest absolute Gasteiger partial charge is 0.491 e. The van der Waals surface area contributed by atoms with Gasteiger partial charge in [-0.3, -0.25) is 0 Å². The molecule has 1 aromatic rings. The first-order valence-electron chi connectivity index (χ1n) is 6.72. The van der Waals surface area contributed by atoms with Crippen molar-refractivity contribution in [2.24, 2.45) is 0 Å².